The van der Waals surface area contributed by atoms with Crippen LogP contribution in [0.15, 0.2) is 30.9 Å². The molecule has 0 radical (unpaired) electrons. The Morgan fingerprint density at radius 3 is 3.09 bits per heavy atom. The molecule has 1 unspecified atom stereocenters. The summed E-state index contributed by atoms with van der Waals surface area (Å²) in [4.78, 5) is 9.04. The number of aromatic nitrogens is 4. The first-order valence-corrected chi connectivity index (χ1v) is 8.00. The molecule has 1 fully saturated rings. The predicted molar refractivity (Wildman–Crippen MR) is 86.6 cm³/mol. The van der Waals surface area contributed by atoms with Gasteiger partial charge < -0.3 is 9.47 Å². The molecule has 0 bridgehead atoms. The Hall–Kier alpha value is -1.95. The lowest BCUT2D eigenvalue weighted by atomic mass is 10.0. The summed E-state index contributed by atoms with van der Waals surface area (Å²) in [6.07, 6.45) is 8.04. The molecule has 1 aliphatic rings. The number of imidazole rings is 1. The molecule has 1 aliphatic heterocycles. The third-order valence-corrected chi connectivity index (χ3v) is 4.45. The van der Waals surface area contributed by atoms with E-state index in [9.17, 15) is 0 Å². The monoisotopic (exact) mass is 300 g/mol. The molecular weight excluding hydrogens is 276 g/mol. The first-order chi connectivity index (χ1) is 10.8. The van der Waals surface area contributed by atoms with Crippen LogP contribution < -0.4 is 4.90 Å². The molecule has 3 heterocycles. The third-order valence-electron chi connectivity index (χ3n) is 4.45. The van der Waals surface area contributed by atoms with Crippen LogP contribution in [0.5, 0.6) is 0 Å². The van der Waals surface area contributed by atoms with E-state index in [-0.39, 0.29) is 0 Å². The summed E-state index contributed by atoms with van der Waals surface area (Å²) in [6, 6.07) is 4.53. The van der Waals surface area contributed by atoms with Gasteiger partial charge in [0.15, 0.2) is 5.82 Å². The molecule has 0 spiro atoms. The van der Waals surface area contributed by atoms with Crippen molar-refractivity contribution >= 4 is 5.82 Å². The minimum atomic E-state index is 0.538. The molecule has 6 nitrogen and oxygen atoms in total. The zero-order valence-corrected chi connectivity index (χ0v) is 13.4. The van der Waals surface area contributed by atoms with Crippen molar-refractivity contribution in [2.75, 3.05) is 25.0 Å². The first-order valence-electron chi connectivity index (χ1n) is 8.00. The number of aryl methyl sites for hydroxylation is 1. The van der Waals surface area contributed by atoms with Gasteiger partial charge in [0.25, 0.3) is 0 Å². The molecule has 0 N–H and O–H groups in total. The number of rotatable bonds is 5. The second-order valence-electron chi connectivity index (χ2n) is 5.91. The van der Waals surface area contributed by atoms with Crippen LogP contribution in [-0.4, -0.2) is 50.8 Å². The van der Waals surface area contributed by atoms with Crippen LogP contribution in [0.1, 0.15) is 25.5 Å². The normalized spacial score (nSPS) is 18.9. The van der Waals surface area contributed by atoms with E-state index in [0.29, 0.717) is 6.04 Å². The fourth-order valence-corrected chi connectivity index (χ4v) is 3.13. The molecule has 0 aromatic carbocycles. The number of piperidine rings is 1. The van der Waals surface area contributed by atoms with Gasteiger partial charge in [-0.3, -0.25) is 4.90 Å². The minimum absolute atomic E-state index is 0.538. The predicted octanol–water partition coefficient (Wildman–Crippen LogP) is 1.79. The summed E-state index contributed by atoms with van der Waals surface area (Å²) < 4.78 is 2.21. The van der Waals surface area contributed by atoms with Crippen molar-refractivity contribution in [3.8, 4) is 0 Å². The fraction of sp³-hybridized carbons (Fsp3) is 0.562. The number of anilines is 1. The highest BCUT2D eigenvalue weighted by atomic mass is 15.3. The van der Waals surface area contributed by atoms with E-state index in [1.165, 1.54) is 18.5 Å². The molecule has 2 aromatic rings. The zero-order chi connectivity index (χ0) is 15.4. The van der Waals surface area contributed by atoms with E-state index in [4.69, 9.17) is 0 Å². The minimum Gasteiger partial charge on any atom is -0.354 e. The maximum atomic E-state index is 4.26. The van der Waals surface area contributed by atoms with Crippen LogP contribution in [0, 0.1) is 0 Å². The van der Waals surface area contributed by atoms with Crippen molar-refractivity contribution in [2.45, 2.75) is 38.9 Å². The molecule has 0 saturated carbocycles. The standard InChI is InChI=1S/C16H24N6/c1-3-21-13-17-10-15(21)11-20(2)14-6-5-9-22(12-14)16-7-4-8-18-19-16/h4,7-8,10,13-14H,3,5-6,9,11-12H2,1-2H3. The molecule has 0 amide bonds. The van der Waals surface area contributed by atoms with E-state index in [1.54, 1.807) is 6.20 Å². The highest BCUT2D eigenvalue weighted by Crippen LogP contribution is 2.20. The van der Waals surface area contributed by atoms with Gasteiger partial charge in [-0.15, -0.1) is 5.10 Å². The van der Waals surface area contributed by atoms with Crippen molar-refractivity contribution < 1.29 is 0 Å². The van der Waals surface area contributed by atoms with E-state index in [2.05, 4.69) is 43.5 Å². The Morgan fingerprint density at radius 2 is 2.32 bits per heavy atom. The number of nitrogens with zero attached hydrogens (tertiary/aromatic N) is 6. The van der Waals surface area contributed by atoms with Crippen LogP contribution in [-0.2, 0) is 13.1 Å². The van der Waals surface area contributed by atoms with Gasteiger partial charge in [-0.1, -0.05) is 0 Å². The Labute approximate surface area is 131 Å². The van der Waals surface area contributed by atoms with Crippen LogP contribution in [0.25, 0.3) is 0 Å². The van der Waals surface area contributed by atoms with Gasteiger partial charge in [0.1, 0.15) is 0 Å². The molecule has 6 heteroatoms. The Balaban J connectivity index is 1.64. The number of hydrogen-bond donors (Lipinski definition) is 0. The van der Waals surface area contributed by atoms with Crippen molar-refractivity contribution in [3.05, 3.63) is 36.5 Å². The Kier molecular flexibility index (Phi) is 4.68. The summed E-state index contributed by atoms with van der Waals surface area (Å²) in [5.41, 5.74) is 1.28. The molecule has 22 heavy (non-hydrogen) atoms. The Morgan fingerprint density at radius 1 is 1.41 bits per heavy atom. The summed E-state index contributed by atoms with van der Waals surface area (Å²) in [5.74, 6) is 0.985. The molecule has 0 aliphatic carbocycles. The van der Waals surface area contributed by atoms with E-state index in [1.807, 2.05) is 24.7 Å². The molecule has 3 rings (SSSR count). The molecule has 1 saturated heterocycles. The van der Waals surface area contributed by atoms with Gasteiger partial charge in [0.05, 0.1) is 12.0 Å². The second-order valence-corrected chi connectivity index (χ2v) is 5.91. The van der Waals surface area contributed by atoms with Gasteiger partial charge >= 0.3 is 0 Å². The summed E-state index contributed by atoms with van der Waals surface area (Å²) in [7, 11) is 2.21. The van der Waals surface area contributed by atoms with Crippen molar-refractivity contribution in [1.29, 1.82) is 0 Å². The maximum absolute atomic E-state index is 4.26. The third kappa shape index (κ3) is 3.27. The number of hydrogen-bond acceptors (Lipinski definition) is 5. The smallest absolute Gasteiger partial charge is 0.151 e. The van der Waals surface area contributed by atoms with Gasteiger partial charge in [0.2, 0.25) is 0 Å². The van der Waals surface area contributed by atoms with Crippen LogP contribution >= 0.6 is 0 Å². The van der Waals surface area contributed by atoms with E-state index in [0.717, 1.165) is 32.0 Å². The first kappa shape index (κ1) is 15.0. The lowest BCUT2D eigenvalue weighted by Gasteiger charge is -2.38. The van der Waals surface area contributed by atoms with E-state index >= 15 is 0 Å². The van der Waals surface area contributed by atoms with Gasteiger partial charge in [0, 0.05) is 44.6 Å². The Bertz CT molecular complexity index is 581. The highest BCUT2D eigenvalue weighted by molar-refractivity contribution is 5.37. The average molecular weight is 300 g/mol. The van der Waals surface area contributed by atoms with Gasteiger partial charge in [-0.05, 0) is 38.9 Å². The summed E-state index contributed by atoms with van der Waals surface area (Å²) >= 11 is 0. The topological polar surface area (TPSA) is 50.1 Å². The van der Waals surface area contributed by atoms with Crippen LogP contribution in [0.2, 0.25) is 0 Å². The average Bonchev–Trinajstić information content (AvgIpc) is 3.03. The van der Waals surface area contributed by atoms with Gasteiger partial charge in [-0.2, -0.15) is 5.10 Å². The molecule has 2 aromatic heterocycles. The molecule has 1 atom stereocenters. The van der Waals surface area contributed by atoms with Crippen LogP contribution in [0.3, 0.4) is 0 Å². The molecule has 118 valence electrons. The SMILES string of the molecule is CCn1cncc1CN(C)C1CCCN(c2cccnn2)C1. The second kappa shape index (κ2) is 6.87. The van der Waals surface area contributed by atoms with Crippen molar-refractivity contribution in [3.63, 3.8) is 0 Å². The van der Waals surface area contributed by atoms with Crippen molar-refractivity contribution in [2.24, 2.45) is 0 Å². The van der Waals surface area contributed by atoms with Gasteiger partial charge in [-0.25, -0.2) is 4.98 Å². The van der Waals surface area contributed by atoms with E-state index < -0.39 is 0 Å². The van der Waals surface area contributed by atoms with Crippen LogP contribution in [0.4, 0.5) is 5.82 Å². The molecular formula is C16H24N6. The summed E-state index contributed by atoms with van der Waals surface area (Å²) in [6.45, 7) is 6.14. The van der Waals surface area contributed by atoms with Crippen molar-refractivity contribution in [1.82, 2.24) is 24.6 Å². The maximum Gasteiger partial charge on any atom is 0.151 e. The summed E-state index contributed by atoms with van der Waals surface area (Å²) in [5, 5.41) is 8.24. The highest BCUT2D eigenvalue weighted by Gasteiger charge is 2.24. The number of likely N-dealkylation sites (N-methyl/N-ethyl adjacent to an activating group) is 1. The lowest BCUT2D eigenvalue weighted by molar-refractivity contribution is 0.203. The quantitative estimate of drug-likeness (QED) is 0.842. The zero-order valence-electron chi connectivity index (χ0n) is 13.4. The lowest BCUT2D eigenvalue weighted by Crippen LogP contribution is -2.46. The largest absolute Gasteiger partial charge is 0.354 e. The fourth-order valence-electron chi connectivity index (χ4n) is 3.13.